The molecule has 0 aliphatic carbocycles. The number of hydrogen-bond acceptors (Lipinski definition) is 4. The molecule has 0 radical (unpaired) electrons. The molecule has 0 fully saturated rings. The SMILES string of the molecule is CCOc1ccc(S(=O)(=O)NC(C)C(C)C)cc1C(=O)O. The average molecular weight is 315 g/mol. The number of rotatable bonds is 7. The minimum Gasteiger partial charge on any atom is -0.493 e. The van der Waals surface area contributed by atoms with E-state index in [0.717, 1.165) is 6.07 Å². The minimum absolute atomic E-state index is 0.0872. The zero-order valence-corrected chi connectivity index (χ0v) is 13.4. The highest BCUT2D eigenvalue weighted by molar-refractivity contribution is 7.89. The fourth-order valence-corrected chi connectivity index (χ4v) is 2.99. The maximum absolute atomic E-state index is 12.2. The van der Waals surface area contributed by atoms with E-state index in [0.29, 0.717) is 6.61 Å². The molecule has 7 heteroatoms. The Balaban J connectivity index is 3.19. The van der Waals surface area contributed by atoms with E-state index in [2.05, 4.69) is 4.72 Å². The quantitative estimate of drug-likeness (QED) is 0.804. The van der Waals surface area contributed by atoms with Gasteiger partial charge in [0.1, 0.15) is 11.3 Å². The first-order valence-electron chi connectivity index (χ1n) is 6.71. The Kier molecular flexibility index (Phi) is 5.74. The third-order valence-electron chi connectivity index (χ3n) is 3.13. The van der Waals surface area contributed by atoms with Gasteiger partial charge in [-0.05, 0) is 38.0 Å². The van der Waals surface area contributed by atoms with Crippen molar-refractivity contribution in [3.05, 3.63) is 23.8 Å². The number of hydrogen-bond donors (Lipinski definition) is 2. The van der Waals surface area contributed by atoms with Crippen molar-refractivity contribution in [1.82, 2.24) is 4.72 Å². The summed E-state index contributed by atoms with van der Waals surface area (Å²) in [6, 6.07) is 3.56. The molecule has 0 saturated carbocycles. The third-order valence-corrected chi connectivity index (χ3v) is 4.69. The summed E-state index contributed by atoms with van der Waals surface area (Å²) >= 11 is 0. The summed E-state index contributed by atoms with van der Waals surface area (Å²) in [5, 5.41) is 9.16. The largest absolute Gasteiger partial charge is 0.493 e. The third kappa shape index (κ3) is 4.44. The average Bonchev–Trinajstić information content (AvgIpc) is 2.38. The van der Waals surface area contributed by atoms with E-state index in [9.17, 15) is 13.2 Å². The van der Waals surface area contributed by atoms with Gasteiger partial charge in [-0.25, -0.2) is 17.9 Å². The van der Waals surface area contributed by atoms with Crippen molar-refractivity contribution >= 4 is 16.0 Å². The minimum atomic E-state index is -3.76. The van der Waals surface area contributed by atoms with Crippen molar-refractivity contribution in [1.29, 1.82) is 0 Å². The van der Waals surface area contributed by atoms with Crippen LogP contribution in [0.5, 0.6) is 5.75 Å². The molecule has 0 heterocycles. The molecule has 0 aromatic heterocycles. The van der Waals surface area contributed by atoms with Gasteiger partial charge in [-0.3, -0.25) is 0 Å². The Morgan fingerprint density at radius 3 is 2.43 bits per heavy atom. The first kappa shape index (κ1) is 17.5. The molecule has 0 saturated heterocycles. The number of benzene rings is 1. The molecule has 1 unspecified atom stereocenters. The zero-order valence-electron chi connectivity index (χ0n) is 12.6. The van der Waals surface area contributed by atoms with E-state index in [4.69, 9.17) is 9.84 Å². The van der Waals surface area contributed by atoms with Gasteiger partial charge in [0.05, 0.1) is 11.5 Å². The van der Waals surface area contributed by atoms with Gasteiger partial charge in [0, 0.05) is 6.04 Å². The number of carbonyl (C=O) groups is 1. The van der Waals surface area contributed by atoms with Crippen LogP contribution < -0.4 is 9.46 Å². The smallest absolute Gasteiger partial charge is 0.339 e. The van der Waals surface area contributed by atoms with Gasteiger partial charge in [0.15, 0.2) is 0 Å². The predicted molar refractivity (Wildman–Crippen MR) is 79.2 cm³/mol. The first-order chi connectivity index (χ1) is 9.69. The molecule has 1 aromatic carbocycles. The van der Waals surface area contributed by atoms with E-state index in [1.165, 1.54) is 12.1 Å². The summed E-state index contributed by atoms with van der Waals surface area (Å²) in [6.07, 6.45) is 0. The Morgan fingerprint density at radius 2 is 1.95 bits per heavy atom. The van der Waals surface area contributed by atoms with Gasteiger partial charge < -0.3 is 9.84 Å². The number of ether oxygens (including phenoxy) is 1. The standard InChI is InChI=1S/C14H21NO5S/c1-5-20-13-7-6-11(8-12(13)14(16)17)21(18,19)15-10(4)9(2)3/h6-10,15H,5H2,1-4H3,(H,16,17). The molecule has 2 N–H and O–H groups in total. The van der Waals surface area contributed by atoms with Crippen molar-refractivity contribution in [2.45, 2.75) is 38.6 Å². The lowest BCUT2D eigenvalue weighted by molar-refractivity contribution is 0.0692. The zero-order chi connectivity index (χ0) is 16.2. The highest BCUT2D eigenvalue weighted by atomic mass is 32.2. The van der Waals surface area contributed by atoms with Crippen molar-refractivity contribution in [3.8, 4) is 5.75 Å². The highest BCUT2D eigenvalue weighted by Gasteiger charge is 2.22. The summed E-state index contributed by atoms with van der Waals surface area (Å²) in [5.74, 6) is -0.949. The van der Waals surface area contributed by atoms with E-state index in [1.54, 1.807) is 13.8 Å². The number of carboxylic acids is 1. The van der Waals surface area contributed by atoms with Crippen LogP contribution in [0.25, 0.3) is 0 Å². The van der Waals surface area contributed by atoms with Crippen LogP contribution in [0.3, 0.4) is 0 Å². The first-order valence-corrected chi connectivity index (χ1v) is 8.19. The van der Waals surface area contributed by atoms with Gasteiger partial charge in [0.2, 0.25) is 10.0 Å². The molecular weight excluding hydrogens is 294 g/mol. The van der Waals surface area contributed by atoms with Crippen LogP contribution in [0.2, 0.25) is 0 Å². The summed E-state index contributed by atoms with van der Waals surface area (Å²) in [4.78, 5) is 11.1. The molecule has 21 heavy (non-hydrogen) atoms. The highest BCUT2D eigenvalue weighted by Crippen LogP contribution is 2.23. The molecule has 0 bridgehead atoms. The lowest BCUT2D eigenvalue weighted by Gasteiger charge is -2.18. The van der Waals surface area contributed by atoms with E-state index >= 15 is 0 Å². The summed E-state index contributed by atoms with van der Waals surface area (Å²) in [7, 11) is -3.76. The van der Waals surface area contributed by atoms with Gasteiger partial charge in [-0.1, -0.05) is 13.8 Å². The second kappa shape index (κ2) is 6.91. The molecule has 0 aliphatic heterocycles. The van der Waals surface area contributed by atoms with Crippen molar-refractivity contribution in [3.63, 3.8) is 0 Å². The lowest BCUT2D eigenvalue weighted by atomic mass is 10.1. The molecule has 0 amide bonds. The Hall–Kier alpha value is -1.60. The summed E-state index contributed by atoms with van der Waals surface area (Å²) in [6.45, 7) is 7.58. The van der Waals surface area contributed by atoms with Crippen molar-refractivity contribution < 1.29 is 23.1 Å². The van der Waals surface area contributed by atoms with Crippen LogP contribution in [0.4, 0.5) is 0 Å². The van der Waals surface area contributed by atoms with Crippen LogP contribution in [0.15, 0.2) is 23.1 Å². The topological polar surface area (TPSA) is 92.7 Å². The molecule has 0 aliphatic rings. The summed E-state index contributed by atoms with van der Waals surface area (Å²) in [5.41, 5.74) is -0.170. The van der Waals surface area contributed by atoms with Gasteiger partial charge >= 0.3 is 5.97 Å². The van der Waals surface area contributed by atoms with Gasteiger partial charge in [-0.2, -0.15) is 0 Å². The van der Waals surface area contributed by atoms with Crippen LogP contribution in [-0.2, 0) is 10.0 Å². The second-order valence-corrected chi connectivity index (χ2v) is 6.76. The fourth-order valence-electron chi connectivity index (χ4n) is 1.57. The van der Waals surface area contributed by atoms with Crippen LogP contribution in [0.1, 0.15) is 38.1 Å². The fraction of sp³-hybridized carbons (Fsp3) is 0.500. The Labute approximate surface area is 125 Å². The second-order valence-electron chi connectivity index (χ2n) is 5.05. The van der Waals surface area contributed by atoms with Crippen LogP contribution in [0, 0.1) is 5.92 Å². The van der Waals surface area contributed by atoms with E-state index in [1.807, 2.05) is 13.8 Å². The molecule has 1 aromatic rings. The predicted octanol–water partition coefficient (Wildman–Crippen LogP) is 2.11. The van der Waals surface area contributed by atoms with E-state index in [-0.39, 0.29) is 28.2 Å². The monoisotopic (exact) mass is 315 g/mol. The number of nitrogens with one attached hydrogen (secondary N) is 1. The van der Waals surface area contributed by atoms with Gasteiger partial charge in [0.25, 0.3) is 0 Å². The molecule has 1 rings (SSSR count). The molecule has 0 spiro atoms. The molecule has 6 nitrogen and oxygen atoms in total. The maximum Gasteiger partial charge on any atom is 0.339 e. The maximum atomic E-state index is 12.2. The van der Waals surface area contributed by atoms with Crippen molar-refractivity contribution in [2.24, 2.45) is 5.92 Å². The Bertz CT molecular complexity index is 610. The molecule has 118 valence electrons. The number of sulfonamides is 1. The summed E-state index contributed by atoms with van der Waals surface area (Å²) < 4.78 is 32.2. The van der Waals surface area contributed by atoms with E-state index < -0.39 is 16.0 Å². The molecular formula is C14H21NO5S. The number of aromatic carboxylic acids is 1. The Morgan fingerprint density at radius 1 is 1.33 bits per heavy atom. The number of carboxylic acid groups (broad SMARTS) is 1. The van der Waals surface area contributed by atoms with Crippen molar-refractivity contribution in [2.75, 3.05) is 6.61 Å². The van der Waals surface area contributed by atoms with Crippen LogP contribution in [-0.4, -0.2) is 32.1 Å². The van der Waals surface area contributed by atoms with Gasteiger partial charge in [-0.15, -0.1) is 0 Å². The van der Waals surface area contributed by atoms with Crippen LogP contribution >= 0.6 is 0 Å². The molecule has 1 atom stereocenters. The normalized spacial score (nSPS) is 13.2. The lowest BCUT2D eigenvalue weighted by Crippen LogP contribution is -2.36.